The topological polar surface area (TPSA) is 130 Å². The highest BCUT2D eigenvalue weighted by Crippen LogP contribution is 2.34. The lowest BCUT2D eigenvalue weighted by Gasteiger charge is -2.37. The van der Waals surface area contributed by atoms with Gasteiger partial charge < -0.3 is 29.5 Å². The highest BCUT2D eigenvalue weighted by molar-refractivity contribution is 6.33. The van der Waals surface area contributed by atoms with Gasteiger partial charge in [-0.25, -0.2) is 14.8 Å². The van der Waals surface area contributed by atoms with E-state index in [1.165, 1.54) is 10.8 Å². The second kappa shape index (κ2) is 12.4. The number of piperazine rings is 1. The molecule has 0 aliphatic carbocycles. The van der Waals surface area contributed by atoms with Crippen molar-refractivity contribution in [1.82, 2.24) is 19.4 Å². The molecule has 3 heterocycles. The van der Waals surface area contributed by atoms with Gasteiger partial charge in [-0.05, 0) is 45.4 Å². The summed E-state index contributed by atoms with van der Waals surface area (Å²) < 4.78 is 46.1. The number of hydrogen-bond acceptors (Lipinski definition) is 8. The second-order valence-electron chi connectivity index (χ2n) is 11.0. The average Bonchev–Trinajstić information content (AvgIpc) is 2.93. The van der Waals surface area contributed by atoms with Crippen molar-refractivity contribution in [2.24, 2.45) is 0 Å². The second-order valence-corrected chi connectivity index (χ2v) is 11.4. The van der Waals surface area contributed by atoms with Gasteiger partial charge in [0, 0.05) is 31.9 Å². The van der Waals surface area contributed by atoms with E-state index in [2.05, 4.69) is 15.3 Å². The van der Waals surface area contributed by atoms with Crippen LogP contribution >= 0.6 is 11.6 Å². The summed E-state index contributed by atoms with van der Waals surface area (Å²) >= 11 is 6.03. The molecule has 0 radical (unpaired) electrons. The quantitative estimate of drug-likeness (QED) is 0.417. The molecule has 11 nitrogen and oxygen atoms in total. The Morgan fingerprint density at radius 3 is 2.37 bits per heavy atom. The zero-order valence-electron chi connectivity index (χ0n) is 24.1. The summed E-state index contributed by atoms with van der Waals surface area (Å²) in [5.74, 6) is -0.630. The van der Waals surface area contributed by atoms with Crippen LogP contribution in [0.5, 0.6) is 0 Å². The number of fused-ring (bicyclic) bond motifs is 1. The average molecular weight is 625 g/mol. The van der Waals surface area contributed by atoms with Crippen molar-refractivity contribution in [2.75, 3.05) is 36.4 Å². The number of carbonyl (C=O) groups excluding carboxylic acids is 2. The largest absolute Gasteiger partial charge is 0.444 e. The lowest BCUT2D eigenvalue weighted by molar-refractivity contribution is -0.137. The summed E-state index contributed by atoms with van der Waals surface area (Å²) in [4.78, 5) is 51.6. The molecule has 232 valence electrons. The van der Waals surface area contributed by atoms with E-state index in [4.69, 9.17) is 16.3 Å². The van der Waals surface area contributed by atoms with Crippen molar-refractivity contribution in [1.29, 1.82) is 0 Å². The molecule has 2 aromatic heterocycles. The SMILES string of the molecule is CCc1c(N2CCN(C(=O)OC(C)(C)C)CC2)c(=O)c2nc(CO)cnc2n1CC(=O)Nc1ccc(C(F)(F)F)cc1Cl. The highest BCUT2D eigenvalue weighted by Gasteiger charge is 2.32. The Morgan fingerprint density at radius 1 is 1.14 bits per heavy atom. The monoisotopic (exact) mass is 624 g/mol. The normalized spacial score (nSPS) is 14.3. The number of carbonyl (C=O) groups is 2. The van der Waals surface area contributed by atoms with E-state index >= 15 is 0 Å². The van der Waals surface area contributed by atoms with Crippen LogP contribution in [0.2, 0.25) is 5.02 Å². The maximum absolute atomic E-state index is 13.8. The number of ether oxygens (including phenoxy) is 1. The van der Waals surface area contributed by atoms with Crippen molar-refractivity contribution >= 4 is 46.1 Å². The predicted molar refractivity (Wildman–Crippen MR) is 154 cm³/mol. The molecule has 43 heavy (non-hydrogen) atoms. The first-order chi connectivity index (χ1) is 20.1. The van der Waals surface area contributed by atoms with E-state index in [0.717, 1.165) is 18.2 Å². The lowest BCUT2D eigenvalue weighted by atomic mass is 10.1. The predicted octanol–water partition coefficient (Wildman–Crippen LogP) is 4.21. The van der Waals surface area contributed by atoms with Crippen molar-refractivity contribution in [3.05, 3.63) is 56.6 Å². The van der Waals surface area contributed by atoms with Crippen molar-refractivity contribution in [3.63, 3.8) is 0 Å². The number of nitrogens with zero attached hydrogens (tertiary/aromatic N) is 5. The van der Waals surface area contributed by atoms with Crippen LogP contribution in [0, 0.1) is 0 Å². The molecule has 1 saturated heterocycles. The smallest absolute Gasteiger partial charge is 0.416 e. The first-order valence-electron chi connectivity index (χ1n) is 13.5. The zero-order chi connectivity index (χ0) is 31.7. The molecule has 1 aromatic carbocycles. The van der Waals surface area contributed by atoms with Crippen LogP contribution in [0.15, 0.2) is 29.2 Å². The Bertz CT molecular complexity index is 1600. The molecule has 1 fully saturated rings. The highest BCUT2D eigenvalue weighted by atomic mass is 35.5. The fourth-order valence-corrected chi connectivity index (χ4v) is 4.99. The van der Waals surface area contributed by atoms with Crippen LogP contribution in [-0.2, 0) is 35.3 Å². The minimum Gasteiger partial charge on any atom is -0.444 e. The molecule has 0 saturated carbocycles. The Morgan fingerprint density at radius 2 is 1.81 bits per heavy atom. The van der Waals surface area contributed by atoms with Crippen LogP contribution in [0.1, 0.15) is 44.6 Å². The number of nitrogens with one attached hydrogen (secondary N) is 1. The van der Waals surface area contributed by atoms with Gasteiger partial charge in [0.05, 0.1) is 34.8 Å². The third kappa shape index (κ3) is 7.19. The first kappa shape index (κ1) is 32.0. The Kier molecular flexibility index (Phi) is 9.21. The summed E-state index contributed by atoms with van der Waals surface area (Å²) in [6.45, 7) is 7.46. The summed E-state index contributed by atoms with van der Waals surface area (Å²) in [6.07, 6.45) is -3.46. The minimum absolute atomic E-state index is 0.0183. The molecular weight excluding hydrogens is 593 g/mol. The summed E-state index contributed by atoms with van der Waals surface area (Å²) in [7, 11) is 0. The van der Waals surface area contributed by atoms with Crippen LogP contribution in [0.3, 0.4) is 0 Å². The molecule has 0 bridgehead atoms. The van der Waals surface area contributed by atoms with Gasteiger partial charge in [-0.15, -0.1) is 0 Å². The third-order valence-electron chi connectivity index (χ3n) is 6.70. The molecule has 1 aliphatic rings. The van der Waals surface area contributed by atoms with E-state index < -0.39 is 41.4 Å². The van der Waals surface area contributed by atoms with Gasteiger partial charge in [-0.2, -0.15) is 13.2 Å². The van der Waals surface area contributed by atoms with Crippen LogP contribution < -0.4 is 15.6 Å². The van der Waals surface area contributed by atoms with Gasteiger partial charge >= 0.3 is 12.3 Å². The van der Waals surface area contributed by atoms with Gasteiger partial charge in [0.25, 0.3) is 0 Å². The third-order valence-corrected chi connectivity index (χ3v) is 7.02. The number of rotatable bonds is 6. The molecule has 15 heteroatoms. The Hall–Kier alpha value is -3.91. The number of benzene rings is 1. The fraction of sp³-hybridized carbons (Fsp3) is 0.464. The Labute approximate surface area is 250 Å². The molecular formula is C28H32ClF3N6O5. The van der Waals surface area contributed by atoms with Gasteiger partial charge in [-0.1, -0.05) is 18.5 Å². The number of alkyl halides is 3. The van der Waals surface area contributed by atoms with Crippen molar-refractivity contribution < 1.29 is 32.6 Å². The standard InChI is InChI=1S/C28H32ClF3N6O5/c1-5-20-23(36-8-10-37(11-9-36)26(42)43-27(2,3)4)24(41)22-25(33-13-17(15-39)34-22)38(20)14-21(40)35-19-7-6-16(12-18(19)29)28(30,31)32/h6-7,12-13,39H,5,8-11,14-15H2,1-4H3,(H,35,40). The van der Waals surface area contributed by atoms with E-state index in [0.29, 0.717) is 25.2 Å². The molecule has 1 aliphatic heterocycles. The lowest BCUT2D eigenvalue weighted by Crippen LogP contribution is -2.51. The summed E-state index contributed by atoms with van der Waals surface area (Å²) in [6, 6.07) is 2.60. The van der Waals surface area contributed by atoms with E-state index in [9.17, 15) is 32.7 Å². The number of anilines is 2. The minimum atomic E-state index is -4.60. The van der Waals surface area contributed by atoms with Crippen molar-refractivity contribution in [2.45, 2.75) is 59.0 Å². The van der Waals surface area contributed by atoms with Gasteiger partial charge in [0.1, 0.15) is 17.8 Å². The number of pyridine rings is 1. The number of aliphatic hydroxyl groups is 1. The van der Waals surface area contributed by atoms with Crippen LogP contribution in [0.4, 0.5) is 29.3 Å². The van der Waals surface area contributed by atoms with E-state index in [1.54, 1.807) is 32.6 Å². The van der Waals surface area contributed by atoms with Crippen LogP contribution in [0.25, 0.3) is 11.2 Å². The molecule has 0 atom stereocenters. The molecule has 3 aromatic rings. The molecule has 2 N–H and O–H groups in total. The number of hydrogen-bond donors (Lipinski definition) is 2. The number of aliphatic hydroxyl groups excluding tert-OH is 1. The zero-order valence-corrected chi connectivity index (χ0v) is 24.8. The number of aromatic nitrogens is 3. The molecule has 0 spiro atoms. The maximum atomic E-state index is 13.8. The summed E-state index contributed by atoms with van der Waals surface area (Å²) in [5, 5.41) is 11.9. The Balaban J connectivity index is 1.69. The molecule has 4 rings (SSSR count). The fourth-order valence-electron chi connectivity index (χ4n) is 4.76. The van der Waals surface area contributed by atoms with Crippen molar-refractivity contribution in [3.8, 4) is 0 Å². The van der Waals surface area contributed by atoms with E-state index in [1.807, 2.05) is 4.90 Å². The van der Waals surface area contributed by atoms with Gasteiger partial charge in [0.15, 0.2) is 11.2 Å². The van der Waals surface area contributed by atoms with Gasteiger partial charge in [0.2, 0.25) is 11.3 Å². The molecule has 2 amide bonds. The van der Waals surface area contributed by atoms with E-state index in [-0.39, 0.29) is 52.9 Å². The maximum Gasteiger partial charge on any atom is 0.416 e. The van der Waals surface area contributed by atoms with Crippen LogP contribution in [-0.4, -0.2) is 68.3 Å². The number of halogens is 4. The summed E-state index contributed by atoms with van der Waals surface area (Å²) in [5.41, 5.74) is -1.13. The number of amides is 2. The molecule has 0 unspecified atom stereocenters. The van der Waals surface area contributed by atoms with Gasteiger partial charge in [-0.3, -0.25) is 9.59 Å². The first-order valence-corrected chi connectivity index (χ1v) is 13.9.